The lowest BCUT2D eigenvalue weighted by atomic mass is 10.1. The Kier molecular flexibility index (Phi) is 4.66. The summed E-state index contributed by atoms with van der Waals surface area (Å²) < 4.78 is 16.1. The predicted octanol–water partition coefficient (Wildman–Crippen LogP) is 3.80. The number of fused-ring (bicyclic) bond motifs is 1. The topological polar surface area (TPSA) is 56.8 Å². The van der Waals surface area contributed by atoms with Crippen LogP contribution in [0.4, 0.5) is 5.69 Å². The van der Waals surface area contributed by atoms with Crippen molar-refractivity contribution in [2.45, 2.75) is 4.90 Å². The maximum Gasteiger partial charge on any atom is 0.262 e. The number of hydrogen-bond acceptors (Lipinski definition) is 5. The fraction of sp³-hybridized carbons (Fsp3) is 0.167. The van der Waals surface area contributed by atoms with E-state index in [9.17, 15) is 4.79 Å². The number of anilines is 1. The van der Waals surface area contributed by atoms with Gasteiger partial charge in [-0.3, -0.25) is 4.79 Å². The molecule has 0 fully saturated rings. The van der Waals surface area contributed by atoms with E-state index in [0.29, 0.717) is 22.2 Å². The second-order valence-corrected chi connectivity index (χ2v) is 6.07. The summed E-state index contributed by atoms with van der Waals surface area (Å²) in [6.07, 6.45) is 1.79. The number of amides is 1. The van der Waals surface area contributed by atoms with Crippen molar-refractivity contribution in [3.05, 3.63) is 46.9 Å². The van der Waals surface area contributed by atoms with Gasteiger partial charge < -0.3 is 19.5 Å². The van der Waals surface area contributed by atoms with Crippen LogP contribution in [0.3, 0.4) is 0 Å². The summed E-state index contributed by atoms with van der Waals surface area (Å²) in [5.41, 5.74) is 1.57. The number of carbonyl (C=O) groups is 1. The van der Waals surface area contributed by atoms with E-state index >= 15 is 0 Å². The molecule has 1 aliphatic heterocycles. The summed E-state index contributed by atoms with van der Waals surface area (Å²) in [4.78, 5) is 13.9. The van der Waals surface area contributed by atoms with Crippen LogP contribution in [0.25, 0.3) is 6.08 Å². The number of methoxy groups -OCH3 is 3. The minimum absolute atomic E-state index is 0.143. The van der Waals surface area contributed by atoms with Gasteiger partial charge in [-0.2, -0.15) is 0 Å². The lowest BCUT2D eigenvalue weighted by Crippen LogP contribution is -2.17. The lowest BCUT2D eigenvalue weighted by molar-refractivity contribution is -0.112. The summed E-state index contributed by atoms with van der Waals surface area (Å²) in [6, 6.07) is 11.3. The van der Waals surface area contributed by atoms with Crippen LogP contribution in [-0.2, 0) is 4.79 Å². The number of hydrogen-bond donors (Lipinski definition) is 1. The van der Waals surface area contributed by atoms with Crippen LogP contribution in [0.15, 0.2) is 46.2 Å². The van der Waals surface area contributed by atoms with Crippen molar-refractivity contribution in [3.8, 4) is 17.2 Å². The Balaban J connectivity index is 2.04. The SMILES string of the molecule is COc1ccc(/C=C2/Sc3ccccc3NC2=O)c(OC)c1OC. The molecule has 1 N–H and O–H groups in total. The molecule has 0 saturated heterocycles. The van der Waals surface area contributed by atoms with E-state index in [4.69, 9.17) is 14.2 Å². The fourth-order valence-corrected chi connectivity index (χ4v) is 3.42. The maximum atomic E-state index is 12.3. The van der Waals surface area contributed by atoms with Crippen LogP contribution in [0.5, 0.6) is 17.2 Å². The Morgan fingerprint density at radius 2 is 1.71 bits per heavy atom. The Bertz CT molecular complexity index is 817. The number of para-hydroxylation sites is 1. The van der Waals surface area contributed by atoms with E-state index in [2.05, 4.69) is 5.32 Å². The van der Waals surface area contributed by atoms with Crippen molar-refractivity contribution in [1.29, 1.82) is 0 Å². The second kappa shape index (κ2) is 6.88. The molecule has 24 heavy (non-hydrogen) atoms. The molecule has 5 nitrogen and oxygen atoms in total. The van der Waals surface area contributed by atoms with Gasteiger partial charge in [-0.05, 0) is 30.3 Å². The minimum Gasteiger partial charge on any atom is -0.493 e. The molecule has 0 aromatic heterocycles. The number of rotatable bonds is 4. The van der Waals surface area contributed by atoms with E-state index in [1.54, 1.807) is 33.5 Å². The van der Waals surface area contributed by atoms with Gasteiger partial charge in [-0.1, -0.05) is 23.9 Å². The summed E-state index contributed by atoms with van der Waals surface area (Å²) in [5.74, 6) is 1.45. The highest BCUT2D eigenvalue weighted by Crippen LogP contribution is 2.43. The van der Waals surface area contributed by atoms with Gasteiger partial charge in [0.15, 0.2) is 11.5 Å². The zero-order valence-electron chi connectivity index (χ0n) is 13.6. The number of carbonyl (C=O) groups excluding carboxylic acids is 1. The largest absolute Gasteiger partial charge is 0.493 e. The molecular formula is C18H17NO4S. The molecule has 0 aliphatic carbocycles. The molecule has 0 atom stereocenters. The standard InChI is InChI=1S/C18H17NO4S/c1-21-13-9-8-11(16(22-2)17(13)23-3)10-15-18(20)19-12-6-4-5-7-14(12)24-15/h4-10H,1-3H3,(H,19,20)/b15-10+. The van der Waals surface area contributed by atoms with E-state index in [1.807, 2.05) is 30.3 Å². The highest BCUT2D eigenvalue weighted by Gasteiger charge is 2.22. The van der Waals surface area contributed by atoms with Crippen molar-refractivity contribution in [2.24, 2.45) is 0 Å². The van der Waals surface area contributed by atoms with E-state index in [1.165, 1.54) is 11.8 Å². The van der Waals surface area contributed by atoms with Crippen molar-refractivity contribution in [1.82, 2.24) is 0 Å². The van der Waals surface area contributed by atoms with E-state index in [0.717, 1.165) is 16.1 Å². The maximum absolute atomic E-state index is 12.3. The van der Waals surface area contributed by atoms with Gasteiger partial charge in [0.2, 0.25) is 5.75 Å². The van der Waals surface area contributed by atoms with E-state index < -0.39 is 0 Å². The van der Waals surface area contributed by atoms with Crippen LogP contribution >= 0.6 is 11.8 Å². The normalized spacial score (nSPS) is 14.8. The van der Waals surface area contributed by atoms with Crippen molar-refractivity contribution in [2.75, 3.05) is 26.6 Å². The summed E-state index contributed by atoms with van der Waals surface area (Å²) in [6.45, 7) is 0. The van der Waals surface area contributed by atoms with Gasteiger partial charge >= 0.3 is 0 Å². The molecule has 1 amide bonds. The molecular weight excluding hydrogens is 326 g/mol. The Labute approximate surface area is 144 Å². The zero-order chi connectivity index (χ0) is 17.1. The number of thioether (sulfide) groups is 1. The zero-order valence-corrected chi connectivity index (χ0v) is 14.4. The van der Waals surface area contributed by atoms with Crippen LogP contribution in [-0.4, -0.2) is 27.2 Å². The van der Waals surface area contributed by atoms with Gasteiger partial charge in [0, 0.05) is 10.5 Å². The molecule has 0 bridgehead atoms. The molecule has 2 aromatic rings. The third-order valence-electron chi connectivity index (χ3n) is 3.60. The Morgan fingerprint density at radius 1 is 0.958 bits per heavy atom. The predicted molar refractivity (Wildman–Crippen MR) is 95.0 cm³/mol. The van der Waals surface area contributed by atoms with Crippen LogP contribution in [0.1, 0.15) is 5.56 Å². The molecule has 2 aromatic carbocycles. The van der Waals surface area contributed by atoms with Gasteiger partial charge in [0.05, 0.1) is 31.9 Å². The first kappa shape index (κ1) is 16.3. The third kappa shape index (κ3) is 2.92. The first-order chi connectivity index (χ1) is 11.7. The number of nitrogens with one attached hydrogen (secondary N) is 1. The lowest BCUT2D eigenvalue weighted by Gasteiger charge is -2.19. The monoisotopic (exact) mass is 343 g/mol. The first-order valence-electron chi connectivity index (χ1n) is 7.26. The average molecular weight is 343 g/mol. The third-order valence-corrected chi connectivity index (χ3v) is 4.70. The smallest absolute Gasteiger partial charge is 0.262 e. The summed E-state index contributed by atoms with van der Waals surface area (Å²) >= 11 is 1.42. The molecule has 1 aliphatic rings. The molecule has 6 heteroatoms. The average Bonchev–Trinajstić information content (AvgIpc) is 2.61. The Hall–Kier alpha value is -2.60. The van der Waals surface area contributed by atoms with Crippen molar-refractivity contribution < 1.29 is 19.0 Å². The Morgan fingerprint density at radius 3 is 2.42 bits per heavy atom. The van der Waals surface area contributed by atoms with Crippen LogP contribution in [0.2, 0.25) is 0 Å². The molecule has 0 unspecified atom stereocenters. The highest BCUT2D eigenvalue weighted by molar-refractivity contribution is 8.04. The molecule has 0 saturated carbocycles. The van der Waals surface area contributed by atoms with Crippen molar-refractivity contribution in [3.63, 3.8) is 0 Å². The first-order valence-corrected chi connectivity index (χ1v) is 8.08. The minimum atomic E-state index is -0.143. The fourth-order valence-electron chi connectivity index (χ4n) is 2.48. The van der Waals surface area contributed by atoms with Crippen molar-refractivity contribution >= 4 is 29.4 Å². The molecule has 1 heterocycles. The van der Waals surface area contributed by atoms with Gasteiger partial charge in [-0.15, -0.1) is 0 Å². The summed E-state index contributed by atoms with van der Waals surface area (Å²) in [5, 5.41) is 2.89. The highest BCUT2D eigenvalue weighted by atomic mass is 32.2. The van der Waals surface area contributed by atoms with E-state index in [-0.39, 0.29) is 5.91 Å². The van der Waals surface area contributed by atoms with Crippen LogP contribution in [0, 0.1) is 0 Å². The molecule has 0 spiro atoms. The molecule has 0 radical (unpaired) electrons. The number of benzene rings is 2. The van der Waals surface area contributed by atoms with Crippen LogP contribution < -0.4 is 19.5 Å². The second-order valence-electron chi connectivity index (χ2n) is 4.98. The summed E-state index contributed by atoms with van der Waals surface area (Å²) in [7, 11) is 4.68. The van der Waals surface area contributed by atoms with Gasteiger partial charge in [-0.25, -0.2) is 0 Å². The quantitative estimate of drug-likeness (QED) is 0.856. The number of ether oxygens (including phenoxy) is 3. The van der Waals surface area contributed by atoms with Gasteiger partial charge in [0.1, 0.15) is 0 Å². The van der Waals surface area contributed by atoms with Gasteiger partial charge in [0.25, 0.3) is 5.91 Å². The molecule has 3 rings (SSSR count). The molecule has 124 valence electrons.